The number of halogens is 6. The van der Waals surface area contributed by atoms with Crippen LogP contribution in [0, 0.1) is 0 Å². The van der Waals surface area contributed by atoms with Gasteiger partial charge in [0.15, 0.2) is 5.75 Å². The molecule has 134 valence electrons. The van der Waals surface area contributed by atoms with Gasteiger partial charge in [-0.15, -0.1) is 0 Å². The molecule has 0 saturated heterocycles. The van der Waals surface area contributed by atoms with Gasteiger partial charge in [-0.1, -0.05) is 12.1 Å². The molecule has 2 rings (SSSR count). The minimum atomic E-state index is -5.05. The van der Waals surface area contributed by atoms with E-state index >= 15 is 0 Å². The van der Waals surface area contributed by atoms with E-state index in [4.69, 9.17) is 4.65 Å². The minimum Gasteiger partial charge on any atom is -0.504 e. The summed E-state index contributed by atoms with van der Waals surface area (Å²) in [5.41, 5.74) is -3.21. The zero-order chi connectivity index (χ0) is 18.8. The highest BCUT2D eigenvalue weighted by Gasteiger charge is 2.38. The van der Waals surface area contributed by atoms with Gasteiger partial charge in [0.05, 0.1) is 11.1 Å². The summed E-state index contributed by atoms with van der Waals surface area (Å²) in [6.45, 7) is 0. The van der Waals surface area contributed by atoms with Crippen molar-refractivity contribution in [2.24, 2.45) is 0 Å². The van der Waals surface area contributed by atoms with Gasteiger partial charge < -0.3 is 19.4 Å². The Morgan fingerprint density at radius 1 is 0.800 bits per heavy atom. The first-order chi connectivity index (χ1) is 11.5. The van der Waals surface area contributed by atoms with Crippen LogP contribution in [0.5, 0.6) is 17.2 Å². The van der Waals surface area contributed by atoms with Crippen molar-refractivity contribution in [3.63, 3.8) is 0 Å². The molecule has 0 aliphatic carbocycles. The number of hydrogen-bond acceptors (Lipinski definition) is 4. The summed E-state index contributed by atoms with van der Waals surface area (Å²) in [7, 11) is -2.25. The summed E-state index contributed by atoms with van der Waals surface area (Å²) in [4.78, 5) is 0. The van der Waals surface area contributed by atoms with Crippen LogP contribution >= 0.6 is 0 Å². The fourth-order valence-electron chi connectivity index (χ4n) is 1.80. The molecule has 2 aromatic carbocycles. The van der Waals surface area contributed by atoms with E-state index < -0.39 is 42.3 Å². The largest absolute Gasteiger partial charge is 0.785 e. The molecule has 0 aliphatic heterocycles. The van der Waals surface area contributed by atoms with Crippen LogP contribution in [-0.2, 0) is 12.4 Å². The van der Waals surface area contributed by atoms with Gasteiger partial charge in [0, 0.05) is 0 Å². The van der Waals surface area contributed by atoms with E-state index in [1.807, 2.05) is 0 Å². The van der Waals surface area contributed by atoms with Crippen LogP contribution in [-0.4, -0.2) is 17.5 Å². The molecule has 2 N–H and O–H groups in total. The Kier molecular flexibility index (Phi) is 5.07. The van der Waals surface area contributed by atoms with Gasteiger partial charge in [0.2, 0.25) is 0 Å². The van der Waals surface area contributed by atoms with Crippen LogP contribution in [0.2, 0.25) is 0 Å². The zero-order valence-electron chi connectivity index (χ0n) is 12.1. The molecule has 0 spiro atoms. The number of phenolic OH excluding ortho intramolecular Hbond substituents is 1. The van der Waals surface area contributed by atoms with Gasteiger partial charge in [0.1, 0.15) is 11.5 Å². The first kappa shape index (κ1) is 18.8. The molecule has 0 heterocycles. The minimum absolute atomic E-state index is 0.0802. The Balaban J connectivity index is 2.27. The van der Waals surface area contributed by atoms with E-state index in [-0.39, 0.29) is 23.9 Å². The summed E-state index contributed by atoms with van der Waals surface area (Å²) in [5, 5.41) is 19.0. The third kappa shape index (κ3) is 4.96. The SMILES string of the molecule is OB(Oc1cc(C(F)(F)F)cc(C(F)(F)F)c1)Oc1ccccc1O. The number of hydrogen-bond donors (Lipinski definition) is 2. The average molecular weight is 366 g/mol. The number of alkyl halides is 6. The average Bonchev–Trinajstić information content (AvgIpc) is 2.47. The van der Waals surface area contributed by atoms with Crippen molar-refractivity contribution in [3.05, 3.63) is 53.6 Å². The summed E-state index contributed by atoms with van der Waals surface area (Å²) in [6, 6.07) is 5.72. The molecule has 0 atom stereocenters. The Hall–Kier alpha value is -2.56. The molecule has 11 heteroatoms. The van der Waals surface area contributed by atoms with Crippen LogP contribution in [0.15, 0.2) is 42.5 Å². The van der Waals surface area contributed by atoms with Crippen molar-refractivity contribution in [1.82, 2.24) is 0 Å². The number of aromatic hydroxyl groups is 1. The van der Waals surface area contributed by atoms with Gasteiger partial charge in [-0.3, -0.25) is 0 Å². The van der Waals surface area contributed by atoms with E-state index in [0.29, 0.717) is 0 Å². The lowest BCUT2D eigenvalue weighted by molar-refractivity contribution is -0.143. The molecule has 0 amide bonds. The Bertz CT molecular complexity index is 715. The van der Waals surface area contributed by atoms with Gasteiger partial charge in [-0.05, 0) is 30.3 Å². The van der Waals surface area contributed by atoms with Crippen LogP contribution in [0.25, 0.3) is 0 Å². The predicted molar refractivity (Wildman–Crippen MR) is 73.8 cm³/mol. The van der Waals surface area contributed by atoms with Gasteiger partial charge in [-0.2, -0.15) is 26.3 Å². The molecule has 0 saturated carbocycles. The topological polar surface area (TPSA) is 58.9 Å². The smallest absolute Gasteiger partial charge is 0.504 e. The summed E-state index contributed by atoms with van der Waals surface area (Å²) in [5.74, 6) is -1.60. The predicted octanol–water partition coefficient (Wildman–Crippen LogP) is 3.86. The summed E-state index contributed by atoms with van der Waals surface area (Å²) >= 11 is 0. The summed E-state index contributed by atoms with van der Waals surface area (Å²) < 4.78 is 85.6. The van der Waals surface area contributed by atoms with Crippen molar-refractivity contribution < 1.29 is 45.8 Å². The van der Waals surface area contributed by atoms with E-state index in [0.717, 1.165) is 0 Å². The number of phenols is 1. The standard InChI is InChI=1S/C14H9BF6O4/c16-13(17,18)8-5-9(14(19,20)21)7-10(6-8)24-15(23)25-12-4-2-1-3-11(12)22/h1-7,22-23H. The molecule has 25 heavy (non-hydrogen) atoms. The molecular formula is C14H9BF6O4. The van der Waals surface area contributed by atoms with E-state index in [1.54, 1.807) is 0 Å². The number of benzene rings is 2. The molecule has 0 aliphatic rings. The van der Waals surface area contributed by atoms with Crippen LogP contribution in [0.3, 0.4) is 0 Å². The second-order valence-corrected chi connectivity index (χ2v) is 4.75. The van der Waals surface area contributed by atoms with Crippen molar-refractivity contribution in [1.29, 1.82) is 0 Å². The lowest BCUT2D eigenvalue weighted by Gasteiger charge is -2.16. The first-order valence-corrected chi connectivity index (χ1v) is 6.55. The molecule has 2 aromatic rings. The van der Waals surface area contributed by atoms with Crippen LogP contribution < -0.4 is 9.31 Å². The molecule has 4 nitrogen and oxygen atoms in total. The maximum Gasteiger partial charge on any atom is 0.785 e. The quantitative estimate of drug-likeness (QED) is 0.637. The molecule has 0 bridgehead atoms. The molecule has 0 unspecified atom stereocenters. The van der Waals surface area contributed by atoms with Gasteiger partial charge in [0.25, 0.3) is 0 Å². The van der Waals surface area contributed by atoms with Crippen molar-refractivity contribution in [2.45, 2.75) is 12.4 Å². The normalized spacial score (nSPS) is 12.0. The van der Waals surface area contributed by atoms with Crippen LogP contribution in [0.1, 0.15) is 11.1 Å². The molecule has 0 radical (unpaired) electrons. The number of para-hydroxylation sites is 2. The van der Waals surface area contributed by atoms with E-state index in [1.165, 1.54) is 24.3 Å². The fraction of sp³-hybridized carbons (Fsp3) is 0.143. The lowest BCUT2D eigenvalue weighted by atomic mass is 10.1. The van der Waals surface area contributed by atoms with Crippen molar-refractivity contribution in [2.75, 3.05) is 0 Å². The highest BCUT2D eigenvalue weighted by molar-refractivity contribution is 6.36. The Morgan fingerprint density at radius 2 is 1.32 bits per heavy atom. The third-order valence-corrected chi connectivity index (χ3v) is 2.89. The Morgan fingerprint density at radius 3 is 1.80 bits per heavy atom. The van der Waals surface area contributed by atoms with E-state index in [9.17, 15) is 36.5 Å². The zero-order valence-corrected chi connectivity index (χ0v) is 12.1. The third-order valence-electron chi connectivity index (χ3n) is 2.89. The second-order valence-electron chi connectivity index (χ2n) is 4.75. The maximum atomic E-state index is 12.7. The lowest BCUT2D eigenvalue weighted by Crippen LogP contribution is -2.30. The molecule has 0 fully saturated rings. The van der Waals surface area contributed by atoms with Crippen molar-refractivity contribution >= 4 is 7.32 Å². The first-order valence-electron chi connectivity index (χ1n) is 6.55. The summed E-state index contributed by atoms with van der Waals surface area (Å²) in [6.07, 6.45) is -10.1. The van der Waals surface area contributed by atoms with Crippen LogP contribution in [0.4, 0.5) is 26.3 Å². The van der Waals surface area contributed by atoms with Gasteiger partial charge in [-0.25, -0.2) is 0 Å². The fourth-order valence-corrected chi connectivity index (χ4v) is 1.80. The molecule has 0 aromatic heterocycles. The second kappa shape index (κ2) is 6.75. The van der Waals surface area contributed by atoms with E-state index in [2.05, 4.69) is 4.65 Å². The van der Waals surface area contributed by atoms with Gasteiger partial charge >= 0.3 is 19.7 Å². The molecular weight excluding hydrogens is 357 g/mol. The monoisotopic (exact) mass is 366 g/mol. The highest BCUT2D eigenvalue weighted by atomic mass is 19.4. The maximum absolute atomic E-state index is 12.7. The van der Waals surface area contributed by atoms with Crippen molar-refractivity contribution in [3.8, 4) is 17.2 Å². The highest BCUT2D eigenvalue weighted by Crippen LogP contribution is 2.38. The number of rotatable bonds is 4. The Labute approximate surface area is 137 Å².